The number of benzene rings is 5. The molecule has 0 saturated carbocycles. The largest absolute Gasteiger partial charge is 0.367 e. The van der Waals surface area contributed by atoms with Crippen LogP contribution in [0.4, 0.5) is 11.4 Å². The Morgan fingerprint density at radius 3 is 1.94 bits per heavy atom. The predicted molar refractivity (Wildman–Crippen MR) is 267 cm³/mol. The maximum absolute atomic E-state index is 14.6. The average Bonchev–Trinajstić information content (AvgIpc) is 4.24. The highest BCUT2D eigenvalue weighted by molar-refractivity contribution is 5.99. The second kappa shape index (κ2) is 18.6. The van der Waals surface area contributed by atoms with Crippen LogP contribution in [0, 0.1) is 5.92 Å². The van der Waals surface area contributed by atoms with E-state index in [1.54, 1.807) is 12.5 Å². The lowest BCUT2D eigenvalue weighted by atomic mass is 9.90. The molecule has 5 aromatic carbocycles. The van der Waals surface area contributed by atoms with Gasteiger partial charge in [0, 0.05) is 49.3 Å². The Balaban J connectivity index is 0.824. The van der Waals surface area contributed by atoms with Crippen LogP contribution in [0.1, 0.15) is 85.2 Å². The lowest BCUT2D eigenvalue weighted by Gasteiger charge is -2.32. The molecule has 0 spiro atoms. The first-order valence-corrected chi connectivity index (χ1v) is 24.3. The fourth-order valence-electron chi connectivity index (χ4n) is 11.2. The van der Waals surface area contributed by atoms with Crippen molar-refractivity contribution in [3.63, 3.8) is 0 Å². The number of carbonyl (C=O) groups is 2. The molecule has 9 heteroatoms. The Morgan fingerprint density at radius 1 is 0.657 bits per heavy atom. The molecule has 2 saturated heterocycles. The molecule has 6 heterocycles. The average molecular weight is 884 g/mol. The Morgan fingerprint density at radius 2 is 1.28 bits per heavy atom. The summed E-state index contributed by atoms with van der Waals surface area (Å²) in [7, 11) is 0. The standard InChI is InChI=1S/C58H57N7O2/c1-39-16-17-44-22-24-48(36-52(44)62-55(39)54-15-9-32-65(54)58(67)56(63-33-30-60-38-63)46-12-6-3-7-13-46)42-20-18-41(19-21-42)47-25-23-45-26-27-50(61-51(45)35-47)53-14-8-31-64(53)57(66)49(34-40-28-29-59-37-40)43-10-4-2-5-11-43/h2-7,10-13,18-25,28-30,33,35-39,49,53-54,56,59H,8-9,14-17,26-27,31-32,34H2,1H3. The molecule has 7 aromatic rings. The van der Waals surface area contributed by atoms with Crippen LogP contribution in [0.3, 0.4) is 0 Å². The van der Waals surface area contributed by atoms with Gasteiger partial charge < -0.3 is 19.4 Å². The van der Waals surface area contributed by atoms with E-state index < -0.39 is 6.04 Å². The van der Waals surface area contributed by atoms with E-state index in [9.17, 15) is 9.59 Å². The SMILES string of the molecule is CC1CCc2ccc(-c3ccc(-c4ccc5c(c4)N=C(C4CCCN4C(=O)C(Cc4cc[nH]c4)c4ccccc4)CC5)cc3)cc2N=C1C1CCCN1C(=O)C(c1ccccc1)n1ccnc1. The highest BCUT2D eigenvalue weighted by Gasteiger charge is 2.40. The number of aromatic amines is 1. The van der Waals surface area contributed by atoms with Crippen LogP contribution in [-0.4, -0.2) is 72.7 Å². The number of imidazole rings is 1. The van der Waals surface area contributed by atoms with E-state index in [1.165, 1.54) is 11.1 Å². The molecule has 2 fully saturated rings. The number of likely N-dealkylation sites (tertiary alicyclic amines) is 2. The van der Waals surface area contributed by atoms with E-state index in [-0.39, 0.29) is 35.7 Å². The fourth-order valence-corrected chi connectivity index (χ4v) is 11.2. The van der Waals surface area contributed by atoms with Crippen molar-refractivity contribution < 1.29 is 9.59 Å². The van der Waals surface area contributed by atoms with Crippen LogP contribution < -0.4 is 0 Å². The number of amides is 2. The number of carbonyl (C=O) groups excluding carboxylic acids is 2. The Bertz CT molecular complexity index is 2920. The number of hydrogen-bond acceptors (Lipinski definition) is 5. The third kappa shape index (κ3) is 8.59. The molecule has 9 nitrogen and oxygen atoms in total. The Hall–Kier alpha value is -7.13. The van der Waals surface area contributed by atoms with Crippen LogP contribution in [0.5, 0.6) is 0 Å². The third-order valence-electron chi connectivity index (χ3n) is 14.8. The molecule has 0 aliphatic carbocycles. The molecule has 2 aromatic heterocycles. The summed E-state index contributed by atoms with van der Waals surface area (Å²) in [6.45, 7) is 3.76. The number of H-pyrrole nitrogens is 1. The quantitative estimate of drug-likeness (QED) is 0.140. The number of aromatic nitrogens is 3. The van der Waals surface area contributed by atoms with Crippen molar-refractivity contribution in [3.05, 3.63) is 186 Å². The number of nitrogens with zero attached hydrogens (tertiary/aromatic N) is 6. The molecule has 11 rings (SSSR count). The molecule has 2 amide bonds. The minimum absolute atomic E-state index is 0.0185. The van der Waals surface area contributed by atoms with Crippen LogP contribution in [0.25, 0.3) is 22.3 Å². The summed E-state index contributed by atoms with van der Waals surface area (Å²) < 4.78 is 1.93. The van der Waals surface area contributed by atoms with Crippen LogP contribution in [0.2, 0.25) is 0 Å². The summed E-state index contributed by atoms with van der Waals surface area (Å²) in [6, 6.07) is 44.1. The van der Waals surface area contributed by atoms with Gasteiger partial charge in [-0.2, -0.15) is 0 Å². The molecular formula is C58H57N7O2. The third-order valence-corrected chi connectivity index (χ3v) is 14.8. The van der Waals surface area contributed by atoms with Crippen LogP contribution in [0.15, 0.2) is 168 Å². The predicted octanol–water partition coefficient (Wildman–Crippen LogP) is 11.5. The van der Waals surface area contributed by atoms with Gasteiger partial charge in [0.2, 0.25) is 5.91 Å². The molecule has 4 aliphatic heterocycles. The number of aryl methyl sites for hydroxylation is 2. The van der Waals surface area contributed by atoms with Gasteiger partial charge in [0.15, 0.2) is 0 Å². The van der Waals surface area contributed by atoms with Gasteiger partial charge in [-0.1, -0.05) is 116 Å². The zero-order chi connectivity index (χ0) is 45.3. The fraction of sp³-hybridized carbons (Fsp3) is 0.293. The van der Waals surface area contributed by atoms with E-state index in [1.807, 2.05) is 71.7 Å². The Kier molecular flexibility index (Phi) is 11.8. The van der Waals surface area contributed by atoms with E-state index in [4.69, 9.17) is 9.98 Å². The molecule has 5 unspecified atom stereocenters. The molecule has 5 atom stereocenters. The second-order valence-corrected chi connectivity index (χ2v) is 18.9. The van der Waals surface area contributed by atoms with Crippen LogP contribution in [-0.2, 0) is 28.9 Å². The van der Waals surface area contributed by atoms with Crippen molar-refractivity contribution in [3.8, 4) is 22.3 Å². The van der Waals surface area contributed by atoms with E-state index in [2.05, 4.69) is 106 Å². The number of aliphatic imine (C=N–C) groups is 2. The van der Waals surface area contributed by atoms with Crippen molar-refractivity contribution in [1.82, 2.24) is 24.3 Å². The normalized spacial score (nSPS) is 20.0. The van der Waals surface area contributed by atoms with Gasteiger partial charge in [0.25, 0.3) is 5.91 Å². The molecule has 67 heavy (non-hydrogen) atoms. The van der Waals surface area contributed by atoms with Gasteiger partial charge >= 0.3 is 0 Å². The lowest BCUT2D eigenvalue weighted by Crippen LogP contribution is -2.45. The molecule has 4 aliphatic rings. The minimum atomic E-state index is -0.473. The van der Waals surface area contributed by atoms with Crippen molar-refractivity contribution >= 4 is 34.6 Å². The summed E-state index contributed by atoms with van der Waals surface area (Å²) in [5, 5.41) is 0. The first kappa shape index (κ1) is 42.5. The Labute approximate surface area is 393 Å². The van der Waals surface area contributed by atoms with Gasteiger partial charge in [0.1, 0.15) is 6.04 Å². The second-order valence-electron chi connectivity index (χ2n) is 18.9. The van der Waals surface area contributed by atoms with Gasteiger partial charge in [0.05, 0.1) is 35.7 Å². The summed E-state index contributed by atoms with van der Waals surface area (Å²) in [5.41, 5.74) is 14.5. The van der Waals surface area contributed by atoms with E-state index in [0.29, 0.717) is 6.42 Å². The molecule has 0 bridgehead atoms. The zero-order valence-electron chi connectivity index (χ0n) is 38.2. The van der Waals surface area contributed by atoms with E-state index in [0.717, 1.165) is 126 Å². The van der Waals surface area contributed by atoms with E-state index >= 15 is 0 Å². The highest BCUT2D eigenvalue weighted by Crippen LogP contribution is 2.39. The number of fused-ring (bicyclic) bond motifs is 2. The van der Waals surface area contributed by atoms with Crippen molar-refractivity contribution in [2.24, 2.45) is 15.9 Å². The highest BCUT2D eigenvalue weighted by atomic mass is 16.2. The monoisotopic (exact) mass is 883 g/mol. The lowest BCUT2D eigenvalue weighted by molar-refractivity contribution is -0.133. The van der Waals surface area contributed by atoms with Gasteiger partial charge in [-0.15, -0.1) is 0 Å². The maximum Gasteiger partial charge on any atom is 0.250 e. The zero-order valence-corrected chi connectivity index (χ0v) is 38.2. The molecule has 0 radical (unpaired) electrons. The minimum Gasteiger partial charge on any atom is -0.367 e. The van der Waals surface area contributed by atoms with Gasteiger partial charge in [-0.3, -0.25) is 19.6 Å². The van der Waals surface area contributed by atoms with Gasteiger partial charge in [-0.25, -0.2) is 4.98 Å². The van der Waals surface area contributed by atoms with Gasteiger partial charge in [-0.05, 0) is 132 Å². The summed E-state index contributed by atoms with van der Waals surface area (Å²) in [4.78, 5) is 51.6. The molecule has 1 N–H and O–H groups in total. The smallest absolute Gasteiger partial charge is 0.250 e. The van der Waals surface area contributed by atoms with Crippen molar-refractivity contribution in [1.29, 1.82) is 0 Å². The summed E-state index contributed by atoms with van der Waals surface area (Å²) in [6.07, 6.45) is 17.5. The molecular weight excluding hydrogens is 827 g/mol. The van der Waals surface area contributed by atoms with Crippen molar-refractivity contribution in [2.75, 3.05) is 13.1 Å². The maximum atomic E-state index is 14.6. The first-order valence-electron chi connectivity index (χ1n) is 24.3. The molecule has 336 valence electrons. The first-order chi connectivity index (χ1) is 32.9. The van der Waals surface area contributed by atoms with Crippen molar-refractivity contribution in [2.45, 2.75) is 88.8 Å². The number of hydrogen-bond donors (Lipinski definition) is 1. The summed E-state index contributed by atoms with van der Waals surface area (Å²) >= 11 is 0. The topological polar surface area (TPSA) is 99.0 Å². The number of rotatable bonds is 11. The van der Waals surface area contributed by atoms with Crippen LogP contribution >= 0.6 is 0 Å². The summed E-state index contributed by atoms with van der Waals surface area (Å²) in [5.74, 6) is 0.298. The number of nitrogens with one attached hydrogen (secondary N) is 1.